The van der Waals surface area contributed by atoms with Crippen LogP contribution in [0.15, 0.2) is 191 Å². The fourth-order valence-corrected chi connectivity index (χ4v) is 10.2. The minimum atomic E-state index is -0.225. The first-order valence-electron chi connectivity index (χ1n) is 19.8. The zero-order valence-electron chi connectivity index (χ0n) is 31.3. The Morgan fingerprint density at radius 2 is 1.28 bits per heavy atom. The number of benzene rings is 8. The van der Waals surface area contributed by atoms with E-state index in [2.05, 4.69) is 192 Å². The molecule has 2 aliphatic heterocycles. The van der Waals surface area contributed by atoms with Crippen molar-refractivity contribution in [3.8, 4) is 22.3 Å². The third kappa shape index (κ3) is 5.37. The molecule has 0 bridgehead atoms. The summed E-state index contributed by atoms with van der Waals surface area (Å²) < 4.78 is 9.35. The van der Waals surface area contributed by atoms with E-state index in [0.29, 0.717) is 0 Å². The molecule has 0 spiro atoms. The van der Waals surface area contributed by atoms with Gasteiger partial charge < -0.3 is 15.1 Å². The number of anilines is 1. The van der Waals surface area contributed by atoms with Crippen LogP contribution >= 0.6 is 11.3 Å². The van der Waals surface area contributed by atoms with Gasteiger partial charge in [-0.25, -0.2) is 4.99 Å². The number of nitrogens with zero attached hydrogens (tertiary/aromatic N) is 1. The molecule has 6 heteroatoms. The molecule has 58 heavy (non-hydrogen) atoms. The lowest BCUT2D eigenvalue weighted by atomic mass is 9.85. The lowest BCUT2D eigenvalue weighted by Gasteiger charge is -2.32. The normalized spacial score (nSPS) is 17.4. The van der Waals surface area contributed by atoms with Gasteiger partial charge in [-0.05, 0) is 63.7 Å². The summed E-state index contributed by atoms with van der Waals surface area (Å²) in [4.78, 5) is 5.23. The van der Waals surface area contributed by atoms with Crippen LogP contribution in [0.2, 0.25) is 0 Å². The van der Waals surface area contributed by atoms with Gasteiger partial charge in [0.25, 0.3) is 0 Å². The SMILES string of the molecule is c1ccc(C2=NC(c3ccc4sc5c(-c6ccc7oc8c9c(ccc8c7c6)C(c6ccccc6)Nc6ccccc6-9)cccc5c4c3)NC(c3ccccc3)N2)cc1. The number of nitrogens with one attached hydrogen (secondary N) is 3. The average Bonchev–Trinajstić information content (AvgIpc) is 3.87. The van der Waals surface area contributed by atoms with Crippen molar-refractivity contribution in [2.45, 2.75) is 18.4 Å². The van der Waals surface area contributed by atoms with Crippen LogP contribution in [0.4, 0.5) is 5.69 Å². The van der Waals surface area contributed by atoms with Crippen LogP contribution in [0.25, 0.3) is 64.4 Å². The van der Waals surface area contributed by atoms with Crippen LogP contribution in [-0.2, 0) is 0 Å². The molecule has 3 unspecified atom stereocenters. The van der Waals surface area contributed by atoms with Crippen molar-refractivity contribution in [3.05, 3.63) is 210 Å². The summed E-state index contributed by atoms with van der Waals surface area (Å²) in [7, 11) is 0. The molecule has 0 fully saturated rings. The minimum Gasteiger partial charge on any atom is -0.455 e. The Balaban J connectivity index is 0.958. The fraction of sp³-hybridized carbons (Fsp3) is 0.0577. The van der Waals surface area contributed by atoms with Crippen LogP contribution in [0.3, 0.4) is 0 Å². The molecule has 0 aliphatic carbocycles. The number of hydrogen-bond donors (Lipinski definition) is 3. The van der Waals surface area contributed by atoms with E-state index in [1.165, 1.54) is 59.1 Å². The summed E-state index contributed by atoms with van der Waals surface area (Å²) in [5, 5.41) is 16.0. The van der Waals surface area contributed by atoms with E-state index in [4.69, 9.17) is 9.41 Å². The zero-order valence-corrected chi connectivity index (χ0v) is 32.1. The van der Waals surface area contributed by atoms with Gasteiger partial charge >= 0.3 is 0 Å². The number of fused-ring (bicyclic) bond motifs is 10. The third-order valence-corrected chi connectivity index (χ3v) is 13.0. The Morgan fingerprint density at radius 1 is 0.517 bits per heavy atom. The summed E-state index contributed by atoms with van der Waals surface area (Å²) >= 11 is 1.85. The van der Waals surface area contributed by atoms with Crippen molar-refractivity contribution in [2.75, 3.05) is 5.32 Å². The average molecular weight is 765 g/mol. The Morgan fingerprint density at radius 3 is 2.12 bits per heavy atom. The largest absolute Gasteiger partial charge is 0.455 e. The highest BCUT2D eigenvalue weighted by Crippen LogP contribution is 2.49. The second-order valence-corrected chi connectivity index (χ2v) is 16.2. The number of thiophene rings is 1. The van der Waals surface area contributed by atoms with E-state index in [0.717, 1.165) is 44.6 Å². The summed E-state index contributed by atoms with van der Waals surface area (Å²) in [6.07, 6.45) is -0.311. The van der Waals surface area contributed by atoms with Crippen molar-refractivity contribution >= 4 is 65.0 Å². The van der Waals surface area contributed by atoms with E-state index in [1.807, 2.05) is 17.4 Å². The smallest absolute Gasteiger partial charge is 0.143 e. The molecule has 12 rings (SSSR count). The molecule has 2 aromatic heterocycles. The lowest BCUT2D eigenvalue weighted by Crippen LogP contribution is -2.44. The van der Waals surface area contributed by atoms with Gasteiger partial charge in [0.1, 0.15) is 29.3 Å². The second kappa shape index (κ2) is 13.3. The van der Waals surface area contributed by atoms with Crippen LogP contribution in [0.5, 0.6) is 0 Å². The van der Waals surface area contributed by atoms with E-state index >= 15 is 0 Å². The number of furan rings is 1. The molecular weight excluding hydrogens is 729 g/mol. The topological polar surface area (TPSA) is 61.6 Å². The molecule has 276 valence electrons. The highest BCUT2D eigenvalue weighted by Gasteiger charge is 2.29. The van der Waals surface area contributed by atoms with E-state index in [9.17, 15) is 0 Å². The third-order valence-electron chi connectivity index (χ3n) is 11.8. The maximum absolute atomic E-state index is 6.81. The standard InChI is InChI=1S/C52H36N4OS/c1-4-13-31(14-5-1)47-40-26-25-37-41-29-34(23-27-44(41)57-48(37)46(40)39-19-10-11-22-43(39)53-47)36-20-12-21-38-42-30-35(24-28-45(42)58-49(36)38)52-55-50(32-15-6-2-7-16-32)54-51(56-52)33-17-8-3-9-18-33/h1-30,47,50,52-53,55H,(H,54,56). The Bertz CT molecular complexity index is 3220. The molecule has 2 aliphatic rings. The number of aliphatic imine (C=N–C) groups is 1. The lowest BCUT2D eigenvalue weighted by molar-refractivity contribution is 0.409. The van der Waals surface area contributed by atoms with Gasteiger partial charge in [0.05, 0.1) is 6.04 Å². The molecular formula is C52H36N4OS. The number of hydrogen-bond acceptors (Lipinski definition) is 6. The van der Waals surface area contributed by atoms with Crippen molar-refractivity contribution in [1.29, 1.82) is 0 Å². The van der Waals surface area contributed by atoms with E-state index in [1.54, 1.807) is 0 Å². The molecule has 3 atom stereocenters. The minimum absolute atomic E-state index is 0.0268. The first-order chi connectivity index (χ1) is 28.7. The number of amidine groups is 1. The maximum atomic E-state index is 6.81. The maximum Gasteiger partial charge on any atom is 0.143 e. The quantitative estimate of drug-likeness (QED) is 0.163. The summed E-state index contributed by atoms with van der Waals surface area (Å²) in [5.41, 5.74) is 13.5. The molecule has 5 nitrogen and oxygen atoms in total. The Labute approximate surface area is 339 Å². The summed E-state index contributed by atoms with van der Waals surface area (Å²) in [5.74, 6) is 0.885. The number of para-hydroxylation sites is 1. The van der Waals surface area contributed by atoms with Gasteiger partial charge in [-0.15, -0.1) is 11.3 Å². The molecule has 10 aromatic rings. The van der Waals surface area contributed by atoms with Crippen LogP contribution in [-0.4, -0.2) is 5.84 Å². The molecule has 0 amide bonds. The zero-order chi connectivity index (χ0) is 38.2. The van der Waals surface area contributed by atoms with Crippen LogP contribution in [0.1, 0.15) is 46.2 Å². The molecule has 0 saturated heterocycles. The van der Waals surface area contributed by atoms with Crippen molar-refractivity contribution in [2.24, 2.45) is 4.99 Å². The highest BCUT2D eigenvalue weighted by molar-refractivity contribution is 7.26. The first kappa shape index (κ1) is 33.2. The predicted octanol–water partition coefficient (Wildman–Crippen LogP) is 13.1. The fourth-order valence-electron chi connectivity index (χ4n) is 9.01. The summed E-state index contributed by atoms with van der Waals surface area (Å²) in [6, 6.07) is 65.0. The van der Waals surface area contributed by atoms with E-state index in [-0.39, 0.29) is 18.4 Å². The monoisotopic (exact) mass is 764 g/mol. The van der Waals surface area contributed by atoms with Gasteiger partial charge in [-0.2, -0.15) is 0 Å². The van der Waals surface area contributed by atoms with Crippen molar-refractivity contribution in [3.63, 3.8) is 0 Å². The highest BCUT2D eigenvalue weighted by atomic mass is 32.1. The van der Waals surface area contributed by atoms with Gasteiger partial charge in [0.15, 0.2) is 0 Å². The predicted molar refractivity (Wildman–Crippen MR) is 241 cm³/mol. The molecule has 8 aromatic carbocycles. The van der Waals surface area contributed by atoms with Crippen LogP contribution in [0, 0.1) is 0 Å². The molecule has 0 radical (unpaired) electrons. The van der Waals surface area contributed by atoms with Gasteiger partial charge in [-0.3, -0.25) is 5.32 Å². The van der Waals surface area contributed by atoms with Crippen molar-refractivity contribution in [1.82, 2.24) is 10.6 Å². The molecule has 4 heterocycles. The molecule has 0 saturated carbocycles. The van der Waals surface area contributed by atoms with Gasteiger partial charge in [0, 0.05) is 53.3 Å². The van der Waals surface area contributed by atoms with Gasteiger partial charge in [0.2, 0.25) is 0 Å². The van der Waals surface area contributed by atoms with Crippen LogP contribution < -0.4 is 16.0 Å². The van der Waals surface area contributed by atoms with E-state index < -0.39 is 0 Å². The second-order valence-electron chi connectivity index (χ2n) is 15.2. The summed E-state index contributed by atoms with van der Waals surface area (Å²) in [6.45, 7) is 0. The number of rotatable bonds is 5. The van der Waals surface area contributed by atoms with Crippen molar-refractivity contribution < 1.29 is 4.42 Å². The molecule has 3 N–H and O–H groups in total. The first-order valence-corrected chi connectivity index (χ1v) is 20.6. The Hall–Kier alpha value is -6.99. The van der Waals surface area contributed by atoms with Gasteiger partial charge in [-0.1, -0.05) is 152 Å². The Kier molecular flexibility index (Phi) is 7.61.